The third-order valence-electron chi connectivity index (χ3n) is 3.83. The van der Waals surface area contributed by atoms with Crippen molar-refractivity contribution < 1.29 is 4.79 Å². The predicted octanol–water partition coefficient (Wildman–Crippen LogP) is 4.35. The van der Waals surface area contributed by atoms with Crippen molar-refractivity contribution >= 4 is 17.3 Å². The van der Waals surface area contributed by atoms with Crippen LogP contribution in [0.15, 0.2) is 48.5 Å². The minimum absolute atomic E-state index is 0.0609. The van der Waals surface area contributed by atoms with E-state index in [0.717, 1.165) is 30.8 Å². The largest absolute Gasteiger partial charge is 0.375 e. The monoisotopic (exact) mass is 296 g/mol. The molecular weight excluding hydrogens is 272 g/mol. The Labute approximate surface area is 133 Å². The number of rotatable bonds is 6. The van der Waals surface area contributed by atoms with Crippen molar-refractivity contribution in [2.24, 2.45) is 0 Å². The Hall–Kier alpha value is -2.29. The standard InChI is InChI=1S/C19H24N2O/c1-4-8-15-9-6-7-10-18(15)20-19(22)16-11-13-17(14-12-16)21(3)5-2/h6-7,9-14H,4-5,8H2,1-3H3,(H,20,22). The van der Waals surface area contributed by atoms with E-state index in [1.807, 2.05) is 49.5 Å². The number of hydrogen-bond donors (Lipinski definition) is 1. The van der Waals surface area contributed by atoms with E-state index in [1.54, 1.807) is 0 Å². The van der Waals surface area contributed by atoms with E-state index in [2.05, 4.69) is 30.1 Å². The van der Waals surface area contributed by atoms with Crippen molar-refractivity contribution in [1.29, 1.82) is 0 Å². The smallest absolute Gasteiger partial charge is 0.255 e. The van der Waals surface area contributed by atoms with Gasteiger partial charge in [-0.2, -0.15) is 0 Å². The molecule has 0 bridgehead atoms. The first kappa shape index (κ1) is 16.1. The second-order valence-electron chi connectivity index (χ2n) is 5.42. The fourth-order valence-corrected chi connectivity index (χ4v) is 2.37. The summed E-state index contributed by atoms with van der Waals surface area (Å²) < 4.78 is 0. The van der Waals surface area contributed by atoms with Crippen LogP contribution in [-0.2, 0) is 6.42 Å². The highest BCUT2D eigenvalue weighted by atomic mass is 16.1. The molecule has 0 radical (unpaired) electrons. The van der Waals surface area contributed by atoms with Crippen LogP contribution in [0.5, 0.6) is 0 Å². The molecule has 0 aliphatic heterocycles. The highest BCUT2D eigenvalue weighted by molar-refractivity contribution is 6.04. The molecule has 1 N–H and O–H groups in total. The maximum atomic E-state index is 12.4. The minimum atomic E-state index is -0.0609. The predicted molar refractivity (Wildman–Crippen MR) is 93.8 cm³/mol. The number of anilines is 2. The number of benzene rings is 2. The minimum Gasteiger partial charge on any atom is -0.375 e. The maximum Gasteiger partial charge on any atom is 0.255 e. The van der Waals surface area contributed by atoms with Crippen molar-refractivity contribution in [1.82, 2.24) is 0 Å². The van der Waals surface area contributed by atoms with Crippen molar-refractivity contribution in [2.45, 2.75) is 26.7 Å². The molecule has 116 valence electrons. The molecule has 3 heteroatoms. The molecular formula is C19H24N2O. The van der Waals surface area contributed by atoms with Gasteiger partial charge in [0.15, 0.2) is 0 Å². The van der Waals surface area contributed by atoms with E-state index in [1.165, 1.54) is 5.56 Å². The van der Waals surface area contributed by atoms with Gasteiger partial charge in [-0.15, -0.1) is 0 Å². The Morgan fingerprint density at radius 2 is 1.73 bits per heavy atom. The molecule has 2 aromatic rings. The second kappa shape index (κ2) is 7.64. The van der Waals surface area contributed by atoms with Gasteiger partial charge in [0.25, 0.3) is 5.91 Å². The molecule has 0 saturated heterocycles. The van der Waals surface area contributed by atoms with Crippen LogP contribution in [-0.4, -0.2) is 19.5 Å². The van der Waals surface area contributed by atoms with E-state index in [0.29, 0.717) is 5.56 Å². The molecule has 0 unspecified atom stereocenters. The second-order valence-corrected chi connectivity index (χ2v) is 5.42. The van der Waals surface area contributed by atoms with Crippen LogP contribution in [0.3, 0.4) is 0 Å². The van der Waals surface area contributed by atoms with Crippen LogP contribution in [0, 0.1) is 0 Å². The Morgan fingerprint density at radius 1 is 1.05 bits per heavy atom. The van der Waals surface area contributed by atoms with E-state index < -0.39 is 0 Å². The summed E-state index contributed by atoms with van der Waals surface area (Å²) in [5, 5.41) is 3.02. The molecule has 0 atom stereocenters. The Bertz CT molecular complexity index is 620. The average molecular weight is 296 g/mol. The molecule has 0 aromatic heterocycles. The molecule has 0 heterocycles. The van der Waals surface area contributed by atoms with Gasteiger partial charge in [0.05, 0.1) is 0 Å². The van der Waals surface area contributed by atoms with Gasteiger partial charge in [0.2, 0.25) is 0 Å². The van der Waals surface area contributed by atoms with Crippen LogP contribution in [0.2, 0.25) is 0 Å². The first-order valence-electron chi connectivity index (χ1n) is 7.86. The molecule has 0 fully saturated rings. The van der Waals surface area contributed by atoms with E-state index in [-0.39, 0.29) is 5.91 Å². The van der Waals surface area contributed by atoms with Gasteiger partial charge < -0.3 is 10.2 Å². The zero-order valence-electron chi connectivity index (χ0n) is 13.6. The zero-order chi connectivity index (χ0) is 15.9. The molecule has 3 nitrogen and oxygen atoms in total. The van der Waals surface area contributed by atoms with E-state index in [9.17, 15) is 4.79 Å². The number of amides is 1. The Kier molecular flexibility index (Phi) is 5.59. The highest BCUT2D eigenvalue weighted by Gasteiger charge is 2.09. The first-order chi connectivity index (χ1) is 10.7. The average Bonchev–Trinajstić information content (AvgIpc) is 2.56. The summed E-state index contributed by atoms with van der Waals surface area (Å²) in [4.78, 5) is 14.5. The Balaban J connectivity index is 2.12. The van der Waals surface area contributed by atoms with Gasteiger partial charge >= 0.3 is 0 Å². The number of nitrogens with one attached hydrogen (secondary N) is 1. The first-order valence-corrected chi connectivity index (χ1v) is 7.86. The number of para-hydroxylation sites is 1. The molecule has 0 aliphatic rings. The molecule has 0 aliphatic carbocycles. The van der Waals surface area contributed by atoms with Gasteiger partial charge in [-0.05, 0) is 49.2 Å². The van der Waals surface area contributed by atoms with Crippen molar-refractivity contribution in [2.75, 3.05) is 23.8 Å². The summed E-state index contributed by atoms with van der Waals surface area (Å²) in [5.41, 5.74) is 3.88. The van der Waals surface area contributed by atoms with Gasteiger partial charge in [-0.25, -0.2) is 0 Å². The third kappa shape index (κ3) is 3.88. The maximum absolute atomic E-state index is 12.4. The van der Waals surface area contributed by atoms with E-state index >= 15 is 0 Å². The summed E-state index contributed by atoms with van der Waals surface area (Å²) in [6, 6.07) is 15.7. The van der Waals surface area contributed by atoms with Crippen molar-refractivity contribution in [3.05, 3.63) is 59.7 Å². The van der Waals surface area contributed by atoms with Crippen LogP contribution >= 0.6 is 0 Å². The number of nitrogens with zero attached hydrogens (tertiary/aromatic N) is 1. The summed E-state index contributed by atoms with van der Waals surface area (Å²) in [5.74, 6) is -0.0609. The Morgan fingerprint density at radius 3 is 2.36 bits per heavy atom. The zero-order valence-corrected chi connectivity index (χ0v) is 13.6. The number of hydrogen-bond acceptors (Lipinski definition) is 2. The fraction of sp³-hybridized carbons (Fsp3) is 0.316. The summed E-state index contributed by atoms with van der Waals surface area (Å²) in [7, 11) is 2.04. The lowest BCUT2D eigenvalue weighted by Gasteiger charge is -2.17. The van der Waals surface area contributed by atoms with Crippen molar-refractivity contribution in [3.8, 4) is 0 Å². The lowest BCUT2D eigenvalue weighted by molar-refractivity contribution is 0.102. The van der Waals surface area contributed by atoms with Crippen LogP contribution < -0.4 is 10.2 Å². The number of carbonyl (C=O) groups excluding carboxylic acids is 1. The van der Waals surface area contributed by atoms with Crippen LogP contribution in [0.4, 0.5) is 11.4 Å². The summed E-state index contributed by atoms with van der Waals surface area (Å²) in [6.07, 6.45) is 2.03. The van der Waals surface area contributed by atoms with Gasteiger partial charge in [0, 0.05) is 30.5 Å². The van der Waals surface area contributed by atoms with Crippen LogP contribution in [0.25, 0.3) is 0 Å². The third-order valence-corrected chi connectivity index (χ3v) is 3.83. The van der Waals surface area contributed by atoms with Gasteiger partial charge in [-0.3, -0.25) is 4.79 Å². The van der Waals surface area contributed by atoms with Gasteiger partial charge in [-0.1, -0.05) is 31.5 Å². The normalized spacial score (nSPS) is 10.3. The lowest BCUT2D eigenvalue weighted by Crippen LogP contribution is -2.16. The molecule has 2 aromatic carbocycles. The number of aryl methyl sites for hydroxylation is 1. The molecule has 1 amide bonds. The molecule has 2 rings (SSSR count). The molecule has 22 heavy (non-hydrogen) atoms. The molecule has 0 spiro atoms. The van der Waals surface area contributed by atoms with Crippen LogP contribution in [0.1, 0.15) is 36.2 Å². The lowest BCUT2D eigenvalue weighted by atomic mass is 10.1. The molecule has 0 saturated carbocycles. The van der Waals surface area contributed by atoms with Gasteiger partial charge in [0.1, 0.15) is 0 Å². The number of carbonyl (C=O) groups is 1. The summed E-state index contributed by atoms with van der Waals surface area (Å²) >= 11 is 0. The quantitative estimate of drug-likeness (QED) is 0.859. The van der Waals surface area contributed by atoms with Crippen molar-refractivity contribution in [3.63, 3.8) is 0 Å². The fourth-order valence-electron chi connectivity index (χ4n) is 2.37. The topological polar surface area (TPSA) is 32.3 Å². The summed E-state index contributed by atoms with van der Waals surface area (Å²) in [6.45, 7) is 5.18. The SMILES string of the molecule is CCCc1ccccc1NC(=O)c1ccc(N(C)CC)cc1. The van der Waals surface area contributed by atoms with E-state index in [4.69, 9.17) is 0 Å². The highest BCUT2D eigenvalue weighted by Crippen LogP contribution is 2.19.